The number of ether oxygens (including phenoxy) is 4. The van der Waals surface area contributed by atoms with E-state index in [9.17, 15) is 0 Å². The maximum Gasteiger partial charge on any atom is 0.125 e. The molecular formula is C48H52N2O4. The Morgan fingerprint density at radius 1 is 0.296 bits per heavy atom. The third-order valence-electron chi connectivity index (χ3n) is 8.35. The summed E-state index contributed by atoms with van der Waals surface area (Å²) in [6, 6.07) is 50.5. The molecule has 0 saturated heterocycles. The molecule has 0 aliphatic rings. The molecule has 6 nitrogen and oxygen atoms in total. The van der Waals surface area contributed by atoms with Crippen LogP contribution in [0.25, 0.3) is 11.1 Å². The van der Waals surface area contributed by atoms with Crippen molar-refractivity contribution in [3.05, 3.63) is 146 Å². The second kappa shape index (κ2) is 17.3. The van der Waals surface area contributed by atoms with Crippen molar-refractivity contribution in [2.24, 2.45) is 0 Å². The zero-order chi connectivity index (χ0) is 38.2. The van der Waals surface area contributed by atoms with E-state index in [0.29, 0.717) is 0 Å². The van der Waals surface area contributed by atoms with Crippen LogP contribution < -0.4 is 28.7 Å². The molecule has 0 radical (unpaired) electrons. The van der Waals surface area contributed by atoms with Gasteiger partial charge < -0.3 is 28.7 Å². The summed E-state index contributed by atoms with van der Waals surface area (Å²) in [5.74, 6) is 2.92. The van der Waals surface area contributed by atoms with Gasteiger partial charge in [0.05, 0.1) is 35.8 Å². The van der Waals surface area contributed by atoms with Crippen LogP contribution in [0.15, 0.2) is 146 Å². The molecule has 278 valence electrons. The van der Waals surface area contributed by atoms with Crippen molar-refractivity contribution in [3.8, 4) is 34.1 Å². The zero-order valence-corrected chi connectivity index (χ0v) is 32.7. The topological polar surface area (TPSA) is 43.4 Å². The standard InChI is InChI=1S/C48H52N2O4/c1-33(2)51-45-27-43(28-46(31-45)52-34(3)4)50(44-29-47(53-35(5)6)32-48(30-44)54-36(7)8)42-25-21-38(22-26-42)37-19-23-41(24-20-37)49(39-15-11-9-12-16-39)40-17-13-10-14-18-40/h9-36H,1-8H3. The minimum atomic E-state index is -0.00690. The van der Waals surface area contributed by atoms with Crippen molar-refractivity contribution in [1.82, 2.24) is 0 Å². The molecule has 0 atom stereocenters. The fourth-order valence-corrected chi connectivity index (χ4v) is 6.39. The van der Waals surface area contributed by atoms with Crippen LogP contribution in [0.4, 0.5) is 34.1 Å². The Morgan fingerprint density at radius 2 is 0.556 bits per heavy atom. The largest absolute Gasteiger partial charge is 0.491 e. The van der Waals surface area contributed by atoms with Crippen LogP contribution in [0.5, 0.6) is 23.0 Å². The lowest BCUT2D eigenvalue weighted by Gasteiger charge is -2.28. The van der Waals surface area contributed by atoms with Gasteiger partial charge in [0.15, 0.2) is 0 Å². The minimum absolute atomic E-state index is 0.00690. The number of hydrogen-bond donors (Lipinski definition) is 0. The van der Waals surface area contributed by atoms with Crippen LogP contribution >= 0.6 is 0 Å². The van der Waals surface area contributed by atoms with E-state index in [0.717, 1.165) is 68.2 Å². The van der Waals surface area contributed by atoms with Crippen LogP contribution in [0, 0.1) is 0 Å². The number of benzene rings is 6. The average molecular weight is 721 g/mol. The predicted octanol–water partition coefficient (Wildman–Crippen LogP) is 13.4. The van der Waals surface area contributed by atoms with Crippen molar-refractivity contribution in [1.29, 1.82) is 0 Å². The van der Waals surface area contributed by atoms with E-state index < -0.39 is 0 Å². The summed E-state index contributed by atoms with van der Waals surface area (Å²) in [4.78, 5) is 4.47. The SMILES string of the molecule is CC(C)Oc1cc(OC(C)C)cc(N(c2ccc(-c3ccc(N(c4ccccc4)c4ccccc4)cc3)cc2)c2cc(OC(C)C)cc(OC(C)C)c2)c1. The van der Waals surface area contributed by atoms with Crippen LogP contribution in [0.3, 0.4) is 0 Å². The van der Waals surface area contributed by atoms with E-state index in [1.807, 2.05) is 79.7 Å². The molecule has 6 aromatic rings. The van der Waals surface area contributed by atoms with Gasteiger partial charge in [0, 0.05) is 59.1 Å². The fourth-order valence-electron chi connectivity index (χ4n) is 6.39. The van der Waals surface area contributed by atoms with Gasteiger partial charge in [0.1, 0.15) is 23.0 Å². The van der Waals surface area contributed by atoms with E-state index in [4.69, 9.17) is 18.9 Å². The second-order valence-electron chi connectivity index (χ2n) is 14.4. The Morgan fingerprint density at radius 3 is 0.833 bits per heavy atom. The number of para-hydroxylation sites is 2. The second-order valence-corrected chi connectivity index (χ2v) is 14.4. The smallest absolute Gasteiger partial charge is 0.125 e. The Labute approximate surface area is 321 Å². The quantitative estimate of drug-likeness (QED) is 0.105. The van der Waals surface area contributed by atoms with Crippen molar-refractivity contribution >= 4 is 34.1 Å². The van der Waals surface area contributed by atoms with Gasteiger partial charge in [-0.3, -0.25) is 0 Å². The van der Waals surface area contributed by atoms with Crippen LogP contribution in [-0.2, 0) is 0 Å². The summed E-state index contributed by atoms with van der Waals surface area (Å²) in [6.07, 6.45) is -0.0276. The molecule has 0 saturated carbocycles. The first-order chi connectivity index (χ1) is 26.0. The summed E-state index contributed by atoms with van der Waals surface area (Å²) in [5, 5.41) is 0. The molecule has 0 aliphatic heterocycles. The summed E-state index contributed by atoms with van der Waals surface area (Å²) < 4.78 is 25.0. The van der Waals surface area contributed by atoms with E-state index in [1.165, 1.54) is 0 Å². The third-order valence-corrected chi connectivity index (χ3v) is 8.35. The van der Waals surface area contributed by atoms with E-state index in [2.05, 4.69) is 131 Å². The Kier molecular flexibility index (Phi) is 12.1. The molecule has 0 aromatic heterocycles. The first-order valence-electron chi connectivity index (χ1n) is 18.9. The number of hydrogen-bond acceptors (Lipinski definition) is 6. The van der Waals surface area contributed by atoms with Gasteiger partial charge in [0.25, 0.3) is 0 Å². The normalized spacial score (nSPS) is 11.3. The van der Waals surface area contributed by atoms with Crippen LogP contribution in [0.1, 0.15) is 55.4 Å². The molecule has 6 heteroatoms. The molecule has 0 N–H and O–H groups in total. The monoisotopic (exact) mass is 720 g/mol. The van der Waals surface area contributed by atoms with E-state index >= 15 is 0 Å². The molecule has 0 aliphatic carbocycles. The van der Waals surface area contributed by atoms with Gasteiger partial charge in [-0.25, -0.2) is 0 Å². The van der Waals surface area contributed by atoms with Gasteiger partial charge >= 0.3 is 0 Å². The van der Waals surface area contributed by atoms with Crippen LogP contribution in [0.2, 0.25) is 0 Å². The Bertz CT molecular complexity index is 1910. The average Bonchev–Trinajstić information content (AvgIpc) is 3.12. The van der Waals surface area contributed by atoms with Gasteiger partial charge in [0.2, 0.25) is 0 Å². The molecule has 0 spiro atoms. The van der Waals surface area contributed by atoms with E-state index in [-0.39, 0.29) is 24.4 Å². The van der Waals surface area contributed by atoms with Crippen molar-refractivity contribution in [2.45, 2.75) is 79.8 Å². The fraction of sp³-hybridized carbons (Fsp3) is 0.250. The maximum atomic E-state index is 6.25. The highest BCUT2D eigenvalue weighted by atomic mass is 16.5. The van der Waals surface area contributed by atoms with Crippen molar-refractivity contribution in [3.63, 3.8) is 0 Å². The first-order valence-corrected chi connectivity index (χ1v) is 18.9. The molecule has 0 fully saturated rings. The predicted molar refractivity (Wildman–Crippen MR) is 224 cm³/mol. The van der Waals surface area contributed by atoms with Gasteiger partial charge in [-0.05, 0) is 115 Å². The summed E-state index contributed by atoms with van der Waals surface area (Å²) in [5.41, 5.74) is 8.27. The lowest BCUT2D eigenvalue weighted by atomic mass is 10.0. The molecule has 6 rings (SSSR count). The van der Waals surface area contributed by atoms with E-state index in [1.54, 1.807) is 0 Å². The lowest BCUT2D eigenvalue weighted by molar-refractivity contribution is 0.229. The molecule has 6 aromatic carbocycles. The highest BCUT2D eigenvalue weighted by Gasteiger charge is 2.20. The molecule has 0 amide bonds. The Hall–Kier alpha value is -5.88. The number of anilines is 6. The highest BCUT2D eigenvalue weighted by molar-refractivity contribution is 5.82. The first kappa shape index (κ1) is 37.9. The van der Waals surface area contributed by atoms with Gasteiger partial charge in [-0.15, -0.1) is 0 Å². The molecule has 54 heavy (non-hydrogen) atoms. The summed E-state index contributed by atoms with van der Waals surface area (Å²) in [6.45, 7) is 16.2. The lowest BCUT2D eigenvalue weighted by Crippen LogP contribution is -2.14. The molecule has 0 heterocycles. The number of rotatable bonds is 15. The maximum absolute atomic E-state index is 6.25. The third kappa shape index (κ3) is 9.75. The minimum Gasteiger partial charge on any atom is -0.491 e. The molecule has 0 bridgehead atoms. The van der Waals surface area contributed by atoms with Crippen molar-refractivity contribution in [2.75, 3.05) is 9.80 Å². The summed E-state index contributed by atoms with van der Waals surface area (Å²) >= 11 is 0. The van der Waals surface area contributed by atoms with Gasteiger partial charge in [-0.2, -0.15) is 0 Å². The number of nitrogens with zero attached hydrogens (tertiary/aromatic N) is 2. The molecule has 0 unspecified atom stereocenters. The van der Waals surface area contributed by atoms with Crippen LogP contribution in [-0.4, -0.2) is 24.4 Å². The Balaban J connectivity index is 1.42. The zero-order valence-electron chi connectivity index (χ0n) is 32.7. The summed E-state index contributed by atoms with van der Waals surface area (Å²) in [7, 11) is 0. The highest BCUT2D eigenvalue weighted by Crippen LogP contribution is 2.43. The van der Waals surface area contributed by atoms with Gasteiger partial charge in [-0.1, -0.05) is 60.7 Å². The molecular weight excluding hydrogens is 669 g/mol. The van der Waals surface area contributed by atoms with Crippen molar-refractivity contribution < 1.29 is 18.9 Å².